The highest BCUT2D eigenvalue weighted by Gasteiger charge is 2.35. The smallest absolute Gasteiger partial charge is 0.271 e. The third-order valence-corrected chi connectivity index (χ3v) is 4.38. The van der Waals surface area contributed by atoms with E-state index in [4.69, 9.17) is 0 Å². The molecule has 1 N–H and O–H groups in total. The van der Waals surface area contributed by atoms with E-state index < -0.39 is 21.9 Å². The number of benzene rings is 1. The minimum atomic E-state index is -0.856. The zero-order valence-electron chi connectivity index (χ0n) is 13.3. The lowest BCUT2D eigenvalue weighted by Crippen LogP contribution is -2.47. The average Bonchev–Trinajstić information content (AvgIpc) is 3.06. The van der Waals surface area contributed by atoms with Crippen molar-refractivity contribution >= 4 is 22.5 Å². The van der Waals surface area contributed by atoms with Crippen molar-refractivity contribution in [3.8, 4) is 6.07 Å². The van der Waals surface area contributed by atoms with Gasteiger partial charge in [0.2, 0.25) is 5.91 Å². The summed E-state index contributed by atoms with van der Waals surface area (Å²) in [6.45, 7) is -0.262. The molecule has 9 nitrogen and oxygen atoms in total. The molecule has 25 heavy (non-hydrogen) atoms. The second-order valence-electron chi connectivity index (χ2n) is 6.09. The van der Waals surface area contributed by atoms with E-state index in [0.29, 0.717) is 12.8 Å². The van der Waals surface area contributed by atoms with Crippen molar-refractivity contribution in [3.05, 3.63) is 45.0 Å². The van der Waals surface area contributed by atoms with Crippen molar-refractivity contribution in [2.24, 2.45) is 0 Å². The number of amides is 1. The molecule has 1 aliphatic carbocycles. The summed E-state index contributed by atoms with van der Waals surface area (Å²) in [6, 6.07) is 5.91. The molecule has 0 saturated heterocycles. The molecule has 1 saturated carbocycles. The Morgan fingerprint density at radius 2 is 2.16 bits per heavy atom. The van der Waals surface area contributed by atoms with Gasteiger partial charge in [-0.05, 0) is 31.7 Å². The van der Waals surface area contributed by atoms with Crippen LogP contribution in [0, 0.1) is 21.4 Å². The SMILES string of the molecule is N#CC1(NC(=O)Cn2cnc3cc([N+](=O)[O-])ccc3c2=O)CCCC1. The first-order chi connectivity index (χ1) is 11.9. The quantitative estimate of drug-likeness (QED) is 0.658. The maximum absolute atomic E-state index is 12.4. The van der Waals surface area contributed by atoms with Gasteiger partial charge in [-0.2, -0.15) is 5.26 Å². The van der Waals surface area contributed by atoms with Crippen LogP contribution in [0.4, 0.5) is 5.69 Å². The molecule has 1 fully saturated rings. The molecule has 0 unspecified atom stereocenters. The molecule has 1 heterocycles. The molecular formula is C16H15N5O4. The van der Waals surface area contributed by atoms with Gasteiger partial charge in [0.1, 0.15) is 12.1 Å². The number of carbonyl (C=O) groups excluding carboxylic acids is 1. The number of rotatable bonds is 4. The maximum atomic E-state index is 12.4. The van der Waals surface area contributed by atoms with Gasteiger partial charge in [-0.15, -0.1) is 0 Å². The third-order valence-electron chi connectivity index (χ3n) is 4.38. The Hall–Kier alpha value is -3.28. The number of aromatic nitrogens is 2. The van der Waals surface area contributed by atoms with Crippen LogP contribution < -0.4 is 10.9 Å². The number of fused-ring (bicyclic) bond motifs is 1. The Kier molecular flexibility index (Phi) is 4.19. The molecule has 1 aromatic heterocycles. The first-order valence-electron chi connectivity index (χ1n) is 7.80. The predicted molar refractivity (Wildman–Crippen MR) is 87.6 cm³/mol. The van der Waals surface area contributed by atoms with Gasteiger partial charge >= 0.3 is 0 Å². The minimum Gasteiger partial charge on any atom is -0.336 e. The number of carbonyl (C=O) groups is 1. The number of nitrogens with one attached hydrogen (secondary N) is 1. The van der Waals surface area contributed by atoms with Crippen LogP contribution in [0.2, 0.25) is 0 Å². The van der Waals surface area contributed by atoms with Gasteiger partial charge in [-0.3, -0.25) is 24.3 Å². The maximum Gasteiger partial charge on any atom is 0.271 e. The molecule has 0 atom stereocenters. The van der Waals surface area contributed by atoms with Gasteiger partial charge in [0.15, 0.2) is 0 Å². The van der Waals surface area contributed by atoms with Crippen molar-refractivity contribution in [2.75, 3.05) is 0 Å². The van der Waals surface area contributed by atoms with E-state index in [1.165, 1.54) is 24.5 Å². The minimum absolute atomic E-state index is 0.160. The topological polar surface area (TPSA) is 131 Å². The predicted octanol–water partition coefficient (Wildman–Crippen LogP) is 1.26. The number of hydrogen-bond donors (Lipinski definition) is 1. The van der Waals surface area contributed by atoms with Gasteiger partial charge < -0.3 is 5.32 Å². The van der Waals surface area contributed by atoms with E-state index >= 15 is 0 Å². The van der Waals surface area contributed by atoms with Crippen LogP contribution in [0.25, 0.3) is 10.9 Å². The first-order valence-corrected chi connectivity index (χ1v) is 7.80. The third kappa shape index (κ3) is 3.19. The Morgan fingerprint density at radius 1 is 1.44 bits per heavy atom. The van der Waals surface area contributed by atoms with Gasteiger partial charge in [0.25, 0.3) is 11.2 Å². The van der Waals surface area contributed by atoms with Gasteiger partial charge in [-0.25, -0.2) is 4.98 Å². The molecule has 9 heteroatoms. The number of hydrogen-bond acceptors (Lipinski definition) is 6. The fourth-order valence-corrected chi connectivity index (χ4v) is 3.08. The molecule has 2 aromatic rings. The average molecular weight is 341 g/mol. The molecule has 128 valence electrons. The Labute approximate surface area is 142 Å². The second-order valence-corrected chi connectivity index (χ2v) is 6.09. The lowest BCUT2D eigenvalue weighted by Gasteiger charge is -2.22. The summed E-state index contributed by atoms with van der Waals surface area (Å²) < 4.78 is 1.13. The molecule has 1 aromatic carbocycles. The molecule has 0 radical (unpaired) electrons. The number of nitro benzene ring substituents is 1. The van der Waals surface area contributed by atoms with Crippen LogP contribution >= 0.6 is 0 Å². The summed E-state index contributed by atoms with van der Waals surface area (Å²) in [6.07, 6.45) is 4.14. The van der Waals surface area contributed by atoms with E-state index in [9.17, 15) is 25.0 Å². The largest absolute Gasteiger partial charge is 0.336 e. The summed E-state index contributed by atoms with van der Waals surface area (Å²) >= 11 is 0. The normalized spacial score (nSPS) is 15.6. The zero-order chi connectivity index (χ0) is 18.0. The molecule has 0 bridgehead atoms. The van der Waals surface area contributed by atoms with Crippen LogP contribution in [0.15, 0.2) is 29.3 Å². The summed E-state index contributed by atoms with van der Waals surface area (Å²) in [4.78, 5) is 38.9. The van der Waals surface area contributed by atoms with E-state index in [1.54, 1.807) is 0 Å². The van der Waals surface area contributed by atoms with E-state index in [2.05, 4.69) is 16.4 Å². The van der Waals surface area contributed by atoms with Crippen molar-refractivity contribution in [1.29, 1.82) is 5.26 Å². The lowest BCUT2D eigenvalue weighted by atomic mass is 10.00. The Balaban J connectivity index is 1.84. The Morgan fingerprint density at radius 3 is 2.80 bits per heavy atom. The summed E-state index contributed by atoms with van der Waals surface area (Å²) in [5, 5.41) is 23.0. The van der Waals surface area contributed by atoms with Crippen molar-refractivity contribution in [3.63, 3.8) is 0 Å². The molecule has 1 amide bonds. The molecule has 1 aliphatic rings. The van der Waals surface area contributed by atoms with Crippen molar-refractivity contribution in [1.82, 2.24) is 14.9 Å². The first kappa shape index (κ1) is 16.6. The van der Waals surface area contributed by atoms with Crippen LogP contribution in [0.5, 0.6) is 0 Å². The summed E-state index contributed by atoms with van der Waals surface area (Å²) in [7, 11) is 0. The van der Waals surface area contributed by atoms with Crippen LogP contribution in [-0.2, 0) is 11.3 Å². The summed E-state index contributed by atoms with van der Waals surface area (Å²) in [5.74, 6) is -0.436. The monoisotopic (exact) mass is 341 g/mol. The number of nitro groups is 1. The van der Waals surface area contributed by atoms with Crippen LogP contribution in [0.1, 0.15) is 25.7 Å². The molecular weight excluding hydrogens is 326 g/mol. The summed E-state index contributed by atoms with van der Waals surface area (Å²) in [5.41, 5.74) is -1.29. The Bertz CT molecular complexity index is 953. The van der Waals surface area contributed by atoms with Crippen LogP contribution in [0.3, 0.4) is 0 Å². The van der Waals surface area contributed by atoms with Gasteiger partial charge in [0.05, 0.1) is 28.2 Å². The highest BCUT2D eigenvalue weighted by Crippen LogP contribution is 2.28. The van der Waals surface area contributed by atoms with Crippen LogP contribution in [-0.4, -0.2) is 25.9 Å². The van der Waals surface area contributed by atoms with Crippen molar-refractivity contribution in [2.45, 2.75) is 37.8 Å². The van der Waals surface area contributed by atoms with E-state index in [1.807, 2.05) is 0 Å². The van der Waals surface area contributed by atoms with E-state index in [0.717, 1.165) is 17.4 Å². The number of nitrogens with zero attached hydrogens (tertiary/aromatic N) is 4. The van der Waals surface area contributed by atoms with Crippen molar-refractivity contribution < 1.29 is 9.72 Å². The lowest BCUT2D eigenvalue weighted by molar-refractivity contribution is -0.384. The van der Waals surface area contributed by atoms with E-state index in [-0.39, 0.29) is 23.1 Å². The number of nitriles is 1. The standard InChI is InChI=1S/C16H15N5O4/c17-9-16(5-1-2-6-16)19-14(22)8-20-10-18-13-7-11(21(24)25)3-4-12(13)15(20)23/h3-4,7,10H,1-2,5-6,8H2,(H,19,22). The molecule has 0 aliphatic heterocycles. The number of non-ortho nitro benzene ring substituents is 1. The van der Waals surface area contributed by atoms with Gasteiger partial charge in [-0.1, -0.05) is 0 Å². The molecule has 3 rings (SSSR count). The highest BCUT2D eigenvalue weighted by molar-refractivity contribution is 5.81. The fourth-order valence-electron chi connectivity index (χ4n) is 3.08. The van der Waals surface area contributed by atoms with Gasteiger partial charge in [0, 0.05) is 12.1 Å². The second kappa shape index (κ2) is 6.32. The fraction of sp³-hybridized carbons (Fsp3) is 0.375. The zero-order valence-corrected chi connectivity index (χ0v) is 13.3. The molecule has 0 spiro atoms. The highest BCUT2D eigenvalue weighted by atomic mass is 16.6.